The Balaban J connectivity index is 1.52. The summed E-state index contributed by atoms with van der Waals surface area (Å²) >= 11 is 3.39. The molecule has 0 aromatic heterocycles. The van der Waals surface area contributed by atoms with Crippen LogP contribution in [0.15, 0.2) is 46.9 Å². The largest absolute Gasteiger partial charge is 0.351 e. The van der Waals surface area contributed by atoms with E-state index in [1.807, 2.05) is 24.3 Å². The van der Waals surface area contributed by atoms with E-state index < -0.39 is 11.8 Å². The number of amides is 3. The number of halogens is 1. The smallest absolute Gasteiger partial charge is 0.322 e. The first kappa shape index (κ1) is 23.7. The summed E-state index contributed by atoms with van der Waals surface area (Å²) in [4.78, 5) is 30.2. The van der Waals surface area contributed by atoms with Crippen molar-refractivity contribution in [3.8, 4) is 0 Å². The molecule has 2 aliphatic heterocycles. The molecule has 1 fully saturated rings. The molecule has 1 atom stereocenters. The maximum atomic E-state index is 13.3. The Morgan fingerprint density at radius 1 is 1.03 bits per heavy atom. The number of carbonyl (C=O) groups is 2. The second-order valence-electron chi connectivity index (χ2n) is 8.56. The molecule has 0 unspecified atom stereocenters. The molecule has 3 amide bonds. The molecular weight excluding hydrogens is 488 g/mol. The molecule has 0 bridgehead atoms. The van der Waals surface area contributed by atoms with Gasteiger partial charge in [0.1, 0.15) is 6.04 Å². The van der Waals surface area contributed by atoms with Gasteiger partial charge >= 0.3 is 6.03 Å². The van der Waals surface area contributed by atoms with Crippen LogP contribution in [0.2, 0.25) is 0 Å². The number of benzene rings is 2. The highest BCUT2D eigenvalue weighted by molar-refractivity contribution is 9.10. The number of likely N-dealkylation sites (tertiary alicyclic amines) is 1. The Labute approximate surface area is 202 Å². The molecule has 4 rings (SSSR count). The fraction of sp³-hybridized carbons (Fsp3) is 0.417. The van der Waals surface area contributed by atoms with Crippen molar-refractivity contribution in [2.75, 3.05) is 45.0 Å². The van der Waals surface area contributed by atoms with Crippen LogP contribution in [-0.4, -0.2) is 67.9 Å². The van der Waals surface area contributed by atoms with Gasteiger partial charge in [-0.1, -0.05) is 22.0 Å². The third kappa shape index (κ3) is 5.22. The number of rotatable bonds is 5. The number of hydrogen-bond acceptors (Lipinski definition) is 5. The van der Waals surface area contributed by atoms with Crippen molar-refractivity contribution in [3.63, 3.8) is 0 Å². The summed E-state index contributed by atoms with van der Waals surface area (Å²) in [6.45, 7) is 2.03. The average molecular weight is 517 g/mol. The van der Waals surface area contributed by atoms with Gasteiger partial charge in [0.15, 0.2) is 5.79 Å². The molecule has 2 aliphatic rings. The van der Waals surface area contributed by atoms with Crippen molar-refractivity contribution in [2.24, 2.45) is 0 Å². The van der Waals surface area contributed by atoms with E-state index >= 15 is 0 Å². The van der Waals surface area contributed by atoms with Crippen molar-refractivity contribution >= 4 is 39.2 Å². The summed E-state index contributed by atoms with van der Waals surface area (Å²) in [6.07, 6.45) is 1.17. The van der Waals surface area contributed by atoms with Gasteiger partial charge in [0.25, 0.3) is 0 Å². The molecule has 0 aliphatic carbocycles. The molecule has 33 heavy (non-hydrogen) atoms. The van der Waals surface area contributed by atoms with Crippen LogP contribution in [0.1, 0.15) is 17.5 Å². The van der Waals surface area contributed by atoms with Crippen molar-refractivity contribution in [2.45, 2.75) is 31.2 Å². The zero-order valence-electron chi connectivity index (χ0n) is 19.1. The van der Waals surface area contributed by atoms with Gasteiger partial charge in [0, 0.05) is 49.6 Å². The summed E-state index contributed by atoms with van der Waals surface area (Å²) < 4.78 is 12.1. The topological polar surface area (TPSA) is 83.1 Å². The third-order valence-corrected chi connectivity index (χ3v) is 6.90. The van der Waals surface area contributed by atoms with Gasteiger partial charge in [0.2, 0.25) is 5.91 Å². The lowest BCUT2D eigenvalue weighted by atomic mass is 9.99. The SMILES string of the molecule is COC1(OC)C[C@H](C(=O)Nc2ccc3c(c2)CCN(C)C3)N(C(=O)Nc2ccc(Br)cc2)C1. The Morgan fingerprint density at radius 2 is 1.73 bits per heavy atom. The molecule has 2 aromatic carbocycles. The number of hydrogen-bond donors (Lipinski definition) is 2. The van der Waals surface area contributed by atoms with E-state index in [1.54, 1.807) is 12.1 Å². The van der Waals surface area contributed by atoms with Gasteiger partial charge in [-0.05, 0) is 61.0 Å². The molecule has 2 heterocycles. The quantitative estimate of drug-likeness (QED) is 0.592. The van der Waals surface area contributed by atoms with Crippen LogP contribution in [0.5, 0.6) is 0 Å². The summed E-state index contributed by atoms with van der Waals surface area (Å²) in [6, 6.07) is 12.1. The Morgan fingerprint density at radius 3 is 2.42 bits per heavy atom. The minimum absolute atomic E-state index is 0.136. The fourth-order valence-electron chi connectivity index (χ4n) is 4.39. The number of nitrogens with zero attached hydrogens (tertiary/aromatic N) is 2. The molecule has 2 N–H and O–H groups in total. The zero-order chi connectivity index (χ0) is 23.6. The minimum atomic E-state index is -1.04. The minimum Gasteiger partial charge on any atom is -0.351 e. The first-order chi connectivity index (χ1) is 15.8. The molecule has 0 radical (unpaired) electrons. The normalized spacial score (nSPS) is 19.8. The Bertz CT molecular complexity index is 1030. The predicted octanol–water partition coefficient (Wildman–Crippen LogP) is 3.67. The maximum Gasteiger partial charge on any atom is 0.322 e. The molecule has 8 nitrogen and oxygen atoms in total. The second kappa shape index (κ2) is 9.80. The van der Waals surface area contributed by atoms with Crippen LogP contribution in [-0.2, 0) is 27.2 Å². The number of anilines is 2. The van der Waals surface area contributed by atoms with E-state index in [-0.39, 0.29) is 24.9 Å². The first-order valence-electron chi connectivity index (χ1n) is 10.9. The van der Waals surface area contributed by atoms with Gasteiger partial charge in [-0.3, -0.25) is 4.79 Å². The van der Waals surface area contributed by atoms with E-state index in [0.717, 1.165) is 29.7 Å². The summed E-state index contributed by atoms with van der Waals surface area (Å²) in [5, 5.41) is 5.86. The lowest BCUT2D eigenvalue weighted by Gasteiger charge is -2.26. The summed E-state index contributed by atoms with van der Waals surface area (Å²) in [5.74, 6) is -1.32. The van der Waals surface area contributed by atoms with E-state index in [9.17, 15) is 9.59 Å². The molecule has 1 saturated heterocycles. The third-order valence-electron chi connectivity index (χ3n) is 6.37. The molecule has 176 valence electrons. The zero-order valence-corrected chi connectivity index (χ0v) is 20.6. The van der Waals surface area contributed by atoms with Crippen LogP contribution < -0.4 is 10.6 Å². The van der Waals surface area contributed by atoms with E-state index in [1.165, 1.54) is 30.2 Å². The maximum absolute atomic E-state index is 13.3. The summed E-state index contributed by atoms with van der Waals surface area (Å²) in [7, 11) is 5.15. The van der Waals surface area contributed by atoms with Crippen LogP contribution in [0, 0.1) is 0 Å². The highest BCUT2D eigenvalue weighted by Crippen LogP contribution is 2.32. The Hall–Kier alpha value is -2.46. The van der Waals surface area contributed by atoms with Crippen LogP contribution in [0.4, 0.5) is 16.2 Å². The standard InChI is InChI=1S/C24H29BrN4O4/c1-28-11-10-16-12-20(7-4-17(16)14-28)26-22(30)21-13-24(32-2,33-3)15-29(21)23(31)27-19-8-5-18(25)6-9-19/h4-9,12,21H,10-11,13-15H2,1-3H3,(H,26,30)(H,27,31)/t21-/m1/s1. The number of fused-ring (bicyclic) bond motifs is 1. The molecule has 0 saturated carbocycles. The monoisotopic (exact) mass is 516 g/mol. The lowest BCUT2D eigenvalue weighted by Crippen LogP contribution is -2.45. The highest BCUT2D eigenvalue weighted by atomic mass is 79.9. The number of methoxy groups -OCH3 is 2. The van der Waals surface area contributed by atoms with Crippen LogP contribution in [0.3, 0.4) is 0 Å². The number of ether oxygens (including phenoxy) is 2. The van der Waals surface area contributed by atoms with E-state index in [0.29, 0.717) is 5.69 Å². The van der Waals surface area contributed by atoms with E-state index in [4.69, 9.17) is 9.47 Å². The summed E-state index contributed by atoms with van der Waals surface area (Å²) in [5.41, 5.74) is 3.87. The number of likely N-dealkylation sites (N-methyl/N-ethyl adjacent to an activating group) is 1. The van der Waals surface area contributed by atoms with Gasteiger partial charge in [-0.25, -0.2) is 4.79 Å². The van der Waals surface area contributed by atoms with Gasteiger partial charge in [-0.15, -0.1) is 0 Å². The van der Waals surface area contributed by atoms with Crippen LogP contribution in [0.25, 0.3) is 0 Å². The van der Waals surface area contributed by atoms with Gasteiger partial charge in [0.05, 0.1) is 6.54 Å². The number of urea groups is 1. The molecule has 2 aromatic rings. The highest BCUT2D eigenvalue weighted by Gasteiger charge is 2.50. The second-order valence-corrected chi connectivity index (χ2v) is 9.48. The van der Waals surface area contributed by atoms with Crippen molar-refractivity contribution in [1.82, 2.24) is 9.80 Å². The molecular formula is C24H29BrN4O4. The molecule has 9 heteroatoms. The Kier molecular flexibility index (Phi) is 7.04. The van der Waals surface area contributed by atoms with Crippen molar-refractivity contribution in [3.05, 3.63) is 58.1 Å². The van der Waals surface area contributed by atoms with Crippen LogP contribution >= 0.6 is 15.9 Å². The number of carbonyl (C=O) groups excluding carboxylic acids is 2. The van der Waals surface area contributed by atoms with E-state index in [2.05, 4.69) is 44.6 Å². The van der Waals surface area contributed by atoms with Crippen molar-refractivity contribution < 1.29 is 19.1 Å². The fourth-order valence-corrected chi connectivity index (χ4v) is 4.66. The number of nitrogens with one attached hydrogen (secondary N) is 2. The molecule has 0 spiro atoms. The first-order valence-corrected chi connectivity index (χ1v) is 11.7. The van der Waals surface area contributed by atoms with Gasteiger partial charge in [-0.2, -0.15) is 0 Å². The average Bonchev–Trinajstić information content (AvgIpc) is 3.22. The van der Waals surface area contributed by atoms with Gasteiger partial charge < -0.3 is 29.9 Å². The van der Waals surface area contributed by atoms with Crippen molar-refractivity contribution in [1.29, 1.82) is 0 Å². The predicted molar refractivity (Wildman–Crippen MR) is 130 cm³/mol. The lowest BCUT2D eigenvalue weighted by molar-refractivity contribution is -0.194.